The first-order valence-corrected chi connectivity index (χ1v) is 11.4. The van der Waals surface area contributed by atoms with Crippen molar-refractivity contribution in [1.29, 1.82) is 0 Å². The molecule has 12 nitrogen and oxygen atoms in total. The number of nitrogens with two attached hydrogens (primary N) is 1. The van der Waals surface area contributed by atoms with Gasteiger partial charge in [0.1, 0.15) is 11.5 Å². The van der Waals surface area contributed by atoms with E-state index in [9.17, 15) is 26.5 Å². The fourth-order valence-corrected chi connectivity index (χ4v) is 5.28. The lowest BCUT2D eigenvalue weighted by Crippen LogP contribution is -2.45. The molecular formula is C12H14IN5O7S2. The Hall–Kier alpha value is -1.85. The van der Waals surface area contributed by atoms with Crippen molar-refractivity contribution in [3.05, 3.63) is 20.6 Å². The monoisotopic (exact) mass is 531 g/mol. The first-order chi connectivity index (χ1) is 12.5. The Kier molecular flexibility index (Phi) is 6.71. The van der Waals surface area contributed by atoms with Gasteiger partial charge in [0, 0.05) is 9.99 Å². The number of hydrogen-bond acceptors (Lipinski definition) is 9. The smallest absolute Gasteiger partial charge is 0.266 e. The summed E-state index contributed by atoms with van der Waals surface area (Å²) in [5.41, 5.74) is -0.0358. The van der Waals surface area contributed by atoms with Crippen molar-refractivity contribution in [3.63, 3.8) is 0 Å². The predicted molar refractivity (Wildman–Crippen MR) is 102 cm³/mol. The highest BCUT2D eigenvalue weighted by molar-refractivity contribution is 14.1. The summed E-state index contributed by atoms with van der Waals surface area (Å²) in [7, 11) is -8.28. The van der Waals surface area contributed by atoms with Gasteiger partial charge in [0.05, 0.1) is 10.6 Å². The van der Waals surface area contributed by atoms with Crippen molar-refractivity contribution in [1.82, 2.24) is 10.0 Å². The van der Waals surface area contributed by atoms with Gasteiger partial charge < -0.3 is 4.84 Å². The second-order valence-corrected chi connectivity index (χ2v) is 9.62. The normalized spacial score (nSPS) is 15.1. The number of halogens is 1. The molecule has 2 rings (SSSR count). The van der Waals surface area contributed by atoms with Crippen LogP contribution in [-0.4, -0.2) is 35.3 Å². The van der Waals surface area contributed by atoms with Crippen LogP contribution in [0.4, 0.5) is 5.69 Å². The summed E-state index contributed by atoms with van der Waals surface area (Å²) in [4.78, 5) is 29.1. The third-order valence-electron chi connectivity index (χ3n) is 3.27. The third-order valence-corrected chi connectivity index (χ3v) is 6.85. The van der Waals surface area contributed by atoms with Gasteiger partial charge in [-0.15, -0.1) is 4.91 Å². The molecule has 15 heteroatoms. The van der Waals surface area contributed by atoms with Gasteiger partial charge in [-0.3, -0.25) is 10.1 Å². The first kappa shape index (κ1) is 21.5. The highest BCUT2D eigenvalue weighted by Crippen LogP contribution is 2.32. The van der Waals surface area contributed by atoms with Crippen LogP contribution in [-0.2, 0) is 29.7 Å². The topological polar surface area (TPSA) is 186 Å². The molecule has 1 aromatic rings. The minimum atomic E-state index is -4.15. The fourth-order valence-electron chi connectivity index (χ4n) is 2.11. The van der Waals surface area contributed by atoms with E-state index in [-0.39, 0.29) is 38.0 Å². The van der Waals surface area contributed by atoms with E-state index in [2.05, 4.69) is 25.2 Å². The lowest BCUT2D eigenvalue weighted by Gasteiger charge is -2.19. The first-order valence-electron chi connectivity index (χ1n) is 7.27. The number of nitrogens with zero attached hydrogens (tertiary/aromatic N) is 2. The summed E-state index contributed by atoms with van der Waals surface area (Å²) in [6.07, 6.45) is 0.833. The summed E-state index contributed by atoms with van der Waals surface area (Å²) >= 11 is 1.69. The summed E-state index contributed by atoms with van der Waals surface area (Å²) in [5.74, 6) is -0.813. The van der Waals surface area contributed by atoms with Crippen molar-refractivity contribution in [2.45, 2.75) is 29.1 Å². The molecule has 1 amide bonds. The molecule has 1 aromatic carbocycles. The molecule has 4 N–H and O–H groups in total. The van der Waals surface area contributed by atoms with Gasteiger partial charge in [-0.1, -0.05) is 0 Å². The fraction of sp³-hybridized carbons (Fsp3) is 0.333. The Bertz CT molecular complexity index is 1010. The molecule has 0 saturated carbocycles. The van der Waals surface area contributed by atoms with Crippen molar-refractivity contribution in [2.75, 3.05) is 6.61 Å². The summed E-state index contributed by atoms with van der Waals surface area (Å²) < 4.78 is 50.1. The van der Waals surface area contributed by atoms with E-state index in [1.807, 2.05) is 0 Å². The van der Waals surface area contributed by atoms with Gasteiger partial charge in [-0.05, 0) is 47.6 Å². The minimum Gasteiger partial charge on any atom is -0.364 e. The number of hydrogen-bond donors (Lipinski definition) is 3. The van der Waals surface area contributed by atoms with Crippen molar-refractivity contribution in [3.8, 4) is 0 Å². The van der Waals surface area contributed by atoms with Crippen molar-refractivity contribution >= 4 is 60.2 Å². The Balaban J connectivity index is 2.20. The maximum Gasteiger partial charge on any atom is 0.266 e. The number of carbonyl (C=O) groups excluding carboxylic acids is 1. The standard InChI is InChI=1S/C12H14IN5O7S2/c13-7-5-8-10(6-9(7)26(14,21)22)27(23,24)17-12(15-8)16-11(19)3-1-2-4-25-18-20/h5-6H,1-4H2,(H2,14,21,22)(H2,15,16,17,19). The average molecular weight is 531 g/mol. The van der Waals surface area contributed by atoms with E-state index in [1.165, 1.54) is 6.07 Å². The van der Waals surface area contributed by atoms with Crippen LogP contribution in [0.3, 0.4) is 0 Å². The molecule has 0 unspecified atom stereocenters. The number of guanidine groups is 1. The summed E-state index contributed by atoms with van der Waals surface area (Å²) in [6.45, 7) is 0.0720. The number of nitrogens with one attached hydrogen (secondary N) is 2. The zero-order valence-corrected chi connectivity index (χ0v) is 17.3. The van der Waals surface area contributed by atoms with Gasteiger partial charge in [-0.25, -0.2) is 31.7 Å². The molecule has 0 spiro atoms. The molecule has 0 saturated heterocycles. The van der Waals surface area contributed by atoms with Gasteiger partial charge >= 0.3 is 0 Å². The molecule has 0 radical (unpaired) electrons. The van der Waals surface area contributed by atoms with Crippen LogP contribution in [0.1, 0.15) is 19.3 Å². The van der Waals surface area contributed by atoms with Crippen LogP contribution in [0, 0.1) is 8.48 Å². The number of fused-ring (bicyclic) bond motifs is 1. The van der Waals surface area contributed by atoms with E-state index in [4.69, 9.17) is 5.14 Å². The Morgan fingerprint density at radius 1 is 1.37 bits per heavy atom. The molecule has 0 atom stereocenters. The molecule has 0 aromatic heterocycles. The number of aliphatic imine (C=N–C) groups is 1. The predicted octanol–water partition coefficient (Wildman–Crippen LogP) is 0.203. The minimum absolute atomic E-state index is 0.0358. The quantitative estimate of drug-likeness (QED) is 0.194. The lowest BCUT2D eigenvalue weighted by atomic mass is 10.2. The number of unbranched alkanes of at least 4 members (excludes halogenated alkanes) is 1. The Labute approximate surface area is 168 Å². The molecule has 1 aliphatic rings. The van der Waals surface area contributed by atoms with Crippen LogP contribution in [0.15, 0.2) is 32.3 Å². The molecule has 0 fully saturated rings. The van der Waals surface area contributed by atoms with Crippen molar-refractivity contribution in [2.24, 2.45) is 15.5 Å². The highest BCUT2D eigenvalue weighted by Gasteiger charge is 2.29. The molecule has 27 heavy (non-hydrogen) atoms. The Morgan fingerprint density at radius 2 is 2.07 bits per heavy atom. The molecule has 1 aliphatic heterocycles. The van der Waals surface area contributed by atoms with Crippen LogP contribution >= 0.6 is 22.6 Å². The van der Waals surface area contributed by atoms with Gasteiger partial charge in [0.25, 0.3) is 10.0 Å². The number of carbonyl (C=O) groups is 1. The highest BCUT2D eigenvalue weighted by atomic mass is 127. The average Bonchev–Trinajstić information content (AvgIpc) is 2.52. The zero-order valence-electron chi connectivity index (χ0n) is 13.5. The number of benzene rings is 1. The third kappa shape index (κ3) is 5.56. The van der Waals surface area contributed by atoms with Gasteiger partial charge in [-0.2, -0.15) is 0 Å². The molecule has 0 aliphatic carbocycles. The van der Waals surface area contributed by atoms with Crippen LogP contribution in [0.2, 0.25) is 0 Å². The number of rotatable bonds is 7. The van der Waals surface area contributed by atoms with Crippen LogP contribution < -0.4 is 15.2 Å². The van der Waals surface area contributed by atoms with Crippen LogP contribution in [0.25, 0.3) is 0 Å². The van der Waals surface area contributed by atoms with E-state index in [0.717, 1.165) is 6.07 Å². The Morgan fingerprint density at radius 3 is 2.70 bits per heavy atom. The zero-order chi connectivity index (χ0) is 20.2. The number of sulfonamides is 2. The second-order valence-electron chi connectivity index (χ2n) is 5.27. The largest absolute Gasteiger partial charge is 0.364 e. The number of primary sulfonamides is 1. The summed E-state index contributed by atoms with van der Waals surface area (Å²) in [5, 5.41) is 9.62. The van der Waals surface area contributed by atoms with Gasteiger partial charge in [0.2, 0.25) is 21.9 Å². The molecule has 148 valence electrons. The summed E-state index contributed by atoms with van der Waals surface area (Å²) in [6, 6.07) is 2.15. The molecular weight excluding hydrogens is 517 g/mol. The maximum atomic E-state index is 12.3. The maximum absolute atomic E-state index is 12.3. The van der Waals surface area contributed by atoms with E-state index in [0.29, 0.717) is 12.8 Å². The molecule has 0 bridgehead atoms. The van der Waals surface area contributed by atoms with Gasteiger partial charge in [0.15, 0.2) is 5.34 Å². The van der Waals surface area contributed by atoms with E-state index >= 15 is 0 Å². The van der Waals surface area contributed by atoms with Crippen LogP contribution in [0.5, 0.6) is 0 Å². The van der Waals surface area contributed by atoms with E-state index < -0.39 is 26.0 Å². The van der Waals surface area contributed by atoms with E-state index in [1.54, 1.807) is 22.6 Å². The second kappa shape index (κ2) is 8.44. The SMILES string of the molecule is NS(=O)(=O)c1cc2c(cc1I)N=C(NC(=O)CCCCON=O)NS2(=O)=O. The number of amides is 1. The molecule has 1 heterocycles. The van der Waals surface area contributed by atoms with Crippen molar-refractivity contribution < 1.29 is 26.5 Å². The lowest BCUT2D eigenvalue weighted by molar-refractivity contribution is -0.119.